The van der Waals surface area contributed by atoms with Gasteiger partial charge in [0.05, 0.1) is 18.2 Å². The highest BCUT2D eigenvalue weighted by Gasteiger charge is 2.39. The molecule has 0 fully saturated rings. The van der Waals surface area contributed by atoms with Gasteiger partial charge in [-0.1, -0.05) is 44.2 Å². The van der Waals surface area contributed by atoms with Crippen molar-refractivity contribution in [3.63, 3.8) is 0 Å². The van der Waals surface area contributed by atoms with Crippen LogP contribution >= 0.6 is 0 Å². The first-order valence-electron chi connectivity index (χ1n) is 8.02. The summed E-state index contributed by atoms with van der Waals surface area (Å²) >= 11 is 0. The van der Waals surface area contributed by atoms with Gasteiger partial charge in [0.2, 0.25) is 0 Å². The molecule has 0 saturated carbocycles. The van der Waals surface area contributed by atoms with Crippen LogP contribution in [0.25, 0.3) is 11.1 Å². The number of fused-ring (bicyclic) bond motifs is 1. The van der Waals surface area contributed by atoms with E-state index in [1.807, 2.05) is 13.8 Å². The number of rotatable bonds is 2. The average Bonchev–Trinajstić information content (AvgIpc) is 2.56. The number of hydrogen-bond acceptors (Lipinski definition) is 2. The summed E-state index contributed by atoms with van der Waals surface area (Å²) in [5.74, 6) is 0.387. The third-order valence-electron chi connectivity index (χ3n) is 4.52. The first kappa shape index (κ1) is 18.1. The summed E-state index contributed by atoms with van der Waals surface area (Å²) in [6.45, 7) is 3.97. The smallest absolute Gasteiger partial charge is 0.417 e. The van der Waals surface area contributed by atoms with E-state index in [0.29, 0.717) is 16.9 Å². The zero-order valence-corrected chi connectivity index (χ0v) is 14.2. The Hall–Kier alpha value is -2.70. The van der Waals surface area contributed by atoms with Gasteiger partial charge in [-0.05, 0) is 23.3 Å². The Morgan fingerprint density at radius 3 is 2.58 bits per heavy atom. The highest BCUT2D eigenvalue weighted by Crippen LogP contribution is 2.45. The van der Waals surface area contributed by atoms with E-state index in [-0.39, 0.29) is 12.2 Å². The van der Waals surface area contributed by atoms with Gasteiger partial charge in [0.1, 0.15) is 5.75 Å². The lowest BCUT2D eigenvalue weighted by Crippen LogP contribution is -2.43. The summed E-state index contributed by atoms with van der Waals surface area (Å²) in [7, 11) is 0. The fourth-order valence-corrected chi connectivity index (χ4v) is 3.21. The molecule has 0 aromatic heterocycles. The topological polar surface area (TPSA) is 58.6 Å². The van der Waals surface area contributed by atoms with Crippen molar-refractivity contribution in [3.8, 4) is 16.9 Å². The standard InChI is InChI=1S/C19H18F3NO3/c1-18(2)10-26-15-9-11(7-8-13(15)16(18)23-17(24)25)12-5-3-4-6-14(12)19(20,21)22/h3-9,16,23H,10H2,1-2H3,(H,24,25). The van der Waals surface area contributed by atoms with Crippen molar-refractivity contribution >= 4 is 6.09 Å². The highest BCUT2D eigenvalue weighted by molar-refractivity contribution is 5.71. The van der Waals surface area contributed by atoms with Crippen molar-refractivity contribution in [1.82, 2.24) is 5.32 Å². The first-order chi connectivity index (χ1) is 12.1. The van der Waals surface area contributed by atoms with E-state index in [9.17, 15) is 18.0 Å². The summed E-state index contributed by atoms with van der Waals surface area (Å²) < 4.78 is 45.5. The monoisotopic (exact) mass is 365 g/mol. The molecule has 0 spiro atoms. The maximum atomic E-state index is 13.3. The molecule has 3 rings (SSSR count). The first-order valence-corrected chi connectivity index (χ1v) is 8.02. The Labute approximate surface area is 148 Å². The zero-order chi connectivity index (χ0) is 19.1. The molecule has 0 bridgehead atoms. The molecule has 1 heterocycles. The van der Waals surface area contributed by atoms with Crippen molar-refractivity contribution in [2.24, 2.45) is 5.41 Å². The van der Waals surface area contributed by atoms with Gasteiger partial charge in [0.25, 0.3) is 0 Å². The predicted octanol–water partition coefficient (Wildman–Crippen LogP) is 5.10. The molecule has 138 valence electrons. The Morgan fingerprint density at radius 1 is 1.23 bits per heavy atom. The van der Waals surface area contributed by atoms with E-state index in [1.54, 1.807) is 18.2 Å². The minimum absolute atomic E-state index is 0.0546. The Morgan fingerprint density at radius 2 is 1.92 bits per heavy atom. The number of benzene rings is 2. The third kappa shape index (κ3) is 3.34. The van der Waals surface area contributed by atoms with E-state index in [1.165, 1.54) is 18.2 Å². The van der Waals surface area contributed by atoms with Crippen molar-refractivity contribution < 1.29 is 27.8 Å². The van der Waals surface area contributed by atoms with Crippen LogP contribution in [0, 0.1) is 5.41 Å². The normalized spacial score (nSPS) is 18.6. The van der Waals surface area contributed by atoms with Gasteiger partial charge in [-0.2, -0.15) is 13.2 Å². The van der Waals surface area contributed by atoms with E-state index < -0.39 is 29.3 Å². The van der Waals surface area contributed by atoms with Gasteiger partial charge in [0.15, 0.2) is 0 Å². The number of halogens is 3. The van der Waals surface area contributed by atoms with E-state index >= 15 is 0 Å². The van der Waals surface area contributed by atoms with Gasteiger partial charge in [-0.25, -0.2) is 4.79 Å². The predicted molar refractivity (Wildman–Crippen MR) is 90.1 cm³/mol. The third-order valence-corrected chi connectivity index (χ3v) is 4.52. The van der Waals surface area contributed by atoms with Gasteiger partial charge in [0, 0.05) is 11.0 Å². The molecule has 1 amide bonds. The van der Waals surface area contributed by atoms with E-state index in [0.717, 1.165) is 6.07 Å². The highest BCUT2D eigenvalue weighted by atomic mass is 19.4. The lowest BCUT2D eigenvalue weighted by atomic mass is 9.78. The molecular formula is C19H18F3NO3. The van der Waals surface area contributed by atoms with Gasteiger partial charge in [-0.3, -0.25) is 0 Å². The molecule has 1 atom stereocenters. The molecule has 0 saturated heterocycles. The lowest BCUT2D eigenvalue weighted by Gasteiger charge is -2.39. The fraction of sp³-hybridized carbons (Fsp3) is 0.316. The van der Waals surface area contributed by atoms with Crippen LogP contribution in [0.15, 0.2) is 42.5 Å². The molecule has 2 N–H and O–H groups in total. The van der Waals surface area contributed by atoms with Crippen LogP contribution in [0.4, 0.5) is 18.0 Å². The SMILES string of the molecule is CC1(C)COc2cc(-c3ccccc3C(F)(F)F)ccc2C1NC(=O)O. The molecule has 1 aliphatic heterocycles. The molecule has 7 heteroatoms. The summed E-state index contributed by atoms with van der Waals surface area (Å²) in [5, 5.41) is 11.6. The number of nitrogens with one attached hydrogen (secondary N) is 1. The molecule has 2 aromatic carbocycles. The fourth-order valence-electron chi connectivity index (χ4n) is 3.21. The van der Waals surface area contributed by atoms with Gasteiger partial charge >= 0.3 is 12.3 Å². The average molecular weight is 365 g/mol. The number of alkyl halides is 3. The second kappa shape index (κ2) is 6.23. The minimum atomic E-state index is -4.47. The van der Waals surface area contributed by atoms with Crippen LogP contribution in [0.3, 0.4) is 0 Å². The van der Waals surface area contributed by atoms with Crippen LogP contribution in [-0.2, 0) is 6.18 Å². The van der Waals surface area contributed by atoms with Crippen LogP contribution in [-0.4, -0.2) is 17.8 Å². The minimum Gasteiger partial charge on any atom is -0.493 e. The Balaban J connectivity index is 2.08. The second-order valence-corrected chi connectivity index (χ2v) is 6.96. The number of carbonyl (C=O) groups is 1. The summed E-state index contributed by atoms with van der Waals surface area (Å²) in [6, 6.07) is 9.53. The van der Waals surface area contributed by atoms with Crippen molar-refractivity contribution in [2.75, 3.05) is 6.61 Å². The number of ether oxygens (including phenoxy) is 1. The van der Waals surface area contributed by atoms with Crippen molar-refractivity contribution in [3.05, 3.63) is 53.6 Å². The Kier molecular flexibility index (Phi) is 4.34. The number of hydrogen-bond donors (Lipinski definition) is 2. The Bertz CT molecular complexity index is 846. The molecule has 1 aliphatic rings. The number of amides is 1. The van der Waals surface area contributed by atoms with Crippen LogP contribution in [0.2, 0.25) is 0 Å². The van der Waals surface area contributed by atoms with Crippen molar-refractivity contribution in [1.29, 1.82) is 0 Å². The molecule has 26 heavy (non-hydrogen) atoms. The maximum Gasteiger partial charge on any atom is 0.417 e. The van der Waals surface area contributed by atoms with Gasteiger partial charge < -0.3 is 15.2 Å². The molecule has 4 nitrogen and oxygen atoms in total. The summed E-state index contributed by atoms with van der Waals surface area (Å²) in [4.78, 5) is 11.1. The second-order valence-electron chi connectivity index (χ2n) is 6.96. The van der Waals surface area contributed by atoms with E-state index in [2.05, 4.69) is 5.32 Å². The van der Waals surface area contributed by atoms with Gasteiger partial charge in [-0.15, -0.1) is 0 Å². The molecule has 2 aromatic rings. The molecule has 1 unspecified atom stereocenters. The van der Waals surface area contributed by atoms with Crippen molar-refractivity contribution in [2.45, 2.75) is 26.1 Å². The molecule has 0 radical (unpaired) electrons. The zero-order valence-electron chi connectivity index (χ0n) is 14.2. The van der Waals surface area contributed by atoms with E-state index in [4.69, 9.17) is 9.84 Å². The summed E-state index contributed by atoms with van der Waals surface area (Å²) in [6.07, 6.45) is -5.63. The summed E-state index contributed by atoms with van der Waals surface area (Å²) in [5.41, 5.74) is -0.186. The largest absolute Gasteiger partial charge is 0.493 e. The maximum absolute atomic E-state index is 13.3. The lowest BCUT2D eigenvalue weighted by molar-refractivity contribution is -0.137. The quantitative estimate of drug-likeness (QED) is 0.778. The van der Waals surface area contributed by atoms with Crippen LogP contribution in [0.1, 0.15) is 31.0 Å². The van der Waals surface area contributed by atoms with Crippen LogP contribution < -0.4 is 10.1 Å². The molecule has 0 aliphatic carbocycles. The molecular weight excluding hydrogens is 347 g/mol. The number of carboxylic acid groups (broad SMARTS) is 1. The van der Waals surface area contributed by atoms with Crippen LogP contribution in [0.5, 0.6) is 5.75 Å².